The molecule has 1 aromatic carbocycles. The van der Waals surface area contributed by atoms with Gasteiger partial charge in [-0.15, -0.1) is 0 Å². The molecule has 0 bridgehead atoms. The van der Waals surface area contributed by atoms with Crippen molar-refractivity contribution >= 4 is 15.7 Å². The van der Waals surface area contributed by atoms with Crippen molar-refractivity contribution in [3.8, 4) is 22.8 Å². The normalized spacial score (nSPS) is 11.4. The number of hydrogen-bond donors (Lipinski definition) is 1. The summed E-state index contributed by atoms with van der Waals surface area (Å²) in [4.78, 5) is 21.7. The van der Waals surface area contributed by atoms with Crippen LogP contribution in [-0.4, -0.2) is 50.1 Å². The average Bonchev–Trinajstić information content (AvgIpc) is 3.58. The molecule has 5 aromatic rings. The lowest BCUT2D eigenvalue weighted by Crippen LogP contribution is -2.24. The highest BCUT2D eigenvalue weighted by Gasteiger charge is 2.12. The maximum atomic E-state index is 12.7. The Balaban J connectivity index is 1.25. The zero-order valence-corrected chi connectivity index (χ0v) is 20.0. The number of aromatic nitrogens is 6. The van der Waals surface area contributed by atoms with Gasteiger partial charge in [-0.25, -0.2) is 22.8 Å². The van der Waals surface area contributed by atoms with Crippen LogP contribution < -0.4 is 5.32 Å². The van der Waals surface area contributed by atoms with Gasteiger partial charge < -0.3 is 5.32 Å². The van der Waals surface area contributed by atoms with Crippen molar-refractivity contribution in [1.82, 2.24) is 34.8 Å². The molecule has 5 rings (SSSR count). The number of hydrogen-bond acceptors (Lipinski definition) is 7. The summed E-state index contributed by atoms with van der Waals surface area (Å²) < 4.78 is 26.5. The Hall–Kier alpha value is -4.64. The second-order valence-electron chi connectivity index (χ2n) is 8.01. The van der Waals surface area contributed by atoms with Crippen molar-refractivity contribution in [2.45, 2.75) is 11.4 Å². The van der Waals surface area contributed by atoms with Crippen LogP contribution in [0.25, 0.3) is 22.8 Å². The summed E-state index contributed by atoms with van der Waals surface area (Å²) in [6.07, 6.45) is 9.79. The average molecular weight is 500 g/mol. The molecule has 0 atom stereocenters. The molecule has 4 heterocycles. The van der Waals surface area contributed by atoms with Crippen molar-refractivity contribution in [2.75, 3.05) is 6.26 Å². The maximum absolute atomic E-state index is 12.7. The molecular weight excluding hydrogens is 478 g/mol. The number of pyridine rings is 2. The van der Waals surface area contributed by atoms with Crippen LogP contribution in [0, 0.1) is 0 Å². The van der Waals surface area contributed by atoms with E-state index in [2.05, 4.69) is 25.5 Å². The first-order chi connectivity index (χ1) is 17.4. The quantitative estimate of drug-likeness (QED) is 0.365. The SMILES string of the molecule is CS(=O)(=O)c1ccc(-n2cc(CNC(=O)c3cccc(-n4cc(-c5ccccn5)cn4)n3)cn2)cc1. The van der Waals surface area contributed by atoms with Crippen LogP contribution in [0.5, 0.6) is 0 Å². The van der Waals surface area contributed by atoms with Crippen LogP contribution in [0.1, 0.15) is 16.1 Å². The topological polar surface area (TPSA) is 125 Å². The Bertz CT molecular complexity index is 1630. The molecule has 0 spiro atoms. The van der Waals surface area contributed by atoms with Gasteiger partial charge in [0.25, 0.3) is 5.91 Å². The summed E-state index contributed by atoms with van der Waals surface area (Å²) in [5, 5.41) is 11.5. The highest BCUT2D eigenvalue weighted by molar-refractivity contribution is 7.90. The third-order valence-electron chi connectivity index (χ3n) is 5.36. The van der Waals surface area contributed by atoms with E-state index in [0.29, 0.717) is 11.5 Å². The number of carbonyl (C=O) groups is 1. The Kier molecular flexibility index (Phi) is 6.13. The zero-order chi connectivity index (χ0) is 25.1. The number of sulfone groups is 1. The first kappa shape index (κ1) is 23.1. The number of nitrogens with one attached hydrogen (secondary N) is 1. The smallest absolute Gasteiger partial charge is 0.270 e. The van der Waals surface area contributed by atoms with Crippen LogP contribution >= 0.6 is 0 Å². The van der Waals surface area contributed by atoms with Gasteiger partial charge >= 0.3 is 0 Å². The summed E-state index contributed by atoms with van der Waals surface area (Å²) in [5.41, 5.74) is 3.38. The number of amides is 1. The van der Waals surface area contributed by atoms with E-state index in [1.165, 1.54) is 12.1 Å². The van der Waals surface area contributed by atoms with Crippen LogP contribution in [0.2, 0.25) is 0 Å². The van der Waals surface area contributed by atoms with Crippen LogP contribution in [0.4, 0.5) is 0 Å². The molecule has 36 heavy (non-hydrogen) atoms. The van der Waals surface area contributed by atoms with Crippen LogP contribution in [0.15, 0.2) is 96.5 Å². The number of benzene rings is 1. The fourth-order valence-electron chi connectivity index (χ4n) is 3.50. The monoisotopic (exact) mass is 499 g/mol. The van der Waals surface area contributed by atoms with Gasteiger partial charge in [0.05, 0.1) is 28.7 Å². The molecule has 0 unspecified atom stereocenters. The van der Waals surface area contributed by atoms with E-state index >= 15 is 0 Å². The molecule has 0 aliphatic heterocycles. The number of rotatable bonds is 7. The Labute approximate surface area is 207 Å². The number of carbonyl (C=O) groups excluding carboxylic acids is 1. The largest absolute Gasteiger partial charge is 0.347 e. The van der Waals surface area contributed by atoms with Crippen LogP contribution in [-0.2, 0) is 16.4 Å². The molecule has 180 valence electrons. The second-order valence-corrected chi connectivity index (χ2v) is 10.0. The second kappa shape index (κ2) is 9.55. The highest BCUT2D eigenvalue weighted by Crippen LogP contribution is 2.17. The molecule has 0 aliphatic carbocycles. The van der Waals surface area contributed by atoms with Gasteiger partial charge in [-0.2, -0.15) is 10.2 Å². The summed E-state index contributed by atoms with van der Waals surface area (Å²) >= 11 is 0. The van der Waals surface area contributed by atoms with Gasteiger partial charge in [0.2, 0.25) is 0 Å². The van der Waals surface area contributed by atoms with E-state index in [-0.39, 0.29) is 23.0 Å². The summed E-state index contributed by atoms with van der Waals surface area (Å²) in [6.45, 7) is 0.248. The molecule has 10 nitrogen and oxygen atoms in total. The molecule has 0 saturated heterocycles. The number of nitrogens with zero attached hydrogens (tertiary/aromatic N) is 6. The fourth-order valence-corrected chi connectivity index (χ4v) is 4.13. The highest BCUT2D eigenvalue weighted by atomic mass is 32.2. The molecule has 1 amide bonds. The predicted molar refractivity (Wildman–Crippen MR) is 132 cm³/mol. The maximum Gasteiger partial charge on any atom is 0.270 e. The molecule has 0 saturated carbocycles. The molecule has 0 aliphatic rings. The van der Waals surface area contributed by atoms with Gasteiger partial charge in [-0.1, -0.05) is 12.1 Å². The van der Waals surface area contributed by atoms with Crippen molar-refractivity contribution < 1.29 is 13.2 Å². The van der Waals surface area contributed by atoms with E-state index < -0.39 is 9.84 Å². The summed E-state index contributed by atoms with van der Waals surface area (Å²) in [7, 11) is -3.26. The van der Waals surface area contributed by atoms with Gasteiger partial charge in [-0.3, -0.25) is 9.78 Å². The summed E-state index contributed by atoms with van der Waals surface area (Å²) in [6, 6.07) is 17.2. The van der Waals surface area contributed by atoms with Crippen molar-refractivity contribution in [3.05, 3.63) is 103 Å². The predicted octanol–water partition coefficient (Wildman–Crippen LogP) is 2.85. The Morgan fingerprint density at radius 2 is 1.72 bits per heavy atom. The molecule has 1 N–H and O–H groups in total. The fraction of sp³-hybridized carbons (Fsp3) is 0.0800. The van der Waals surface area contributed by atoms with Crippen molar-refractivity contribution in [3.63, 3.8) is 0 Å². The molecule has 0 radical (unpaired) electrons. The van der Waals surface area contributed by atoms with E-state index in [0.717, 1.165) is 23.1 Å². The zero-order valence-electron chi connectivity index (χ0n) is 19.2. The standard InChI is InChI=1S/C25H21N7O3S/c1-36(34,35)21-10-8-20(9-11-21)31-16-18(14-28-31)13-27-25(33)23-6-4-7-24(30-23)32-17-19(15-29-32)22-5-2-3-12-26-22/h2-12,14-17H,13H2,1H3,(H,27,33). The lowest BCUT2D eigenvalue weighted by atomic mass is 10.2. The van der Waals surface area contributed by atoms with Gasteiger partial charge in [0.1, 0.15) is 5.69 Å². The van der Waals surface area contributed by atoms with Gasteiger partial charge in [-0.05, 0) is 48.5 Å². The molecular formula is C25H21N7O3S. The van der Waals surface area contributed by atoms with E-state index in [1.54, 1.807) is 64.5 Å². The minimum Gasteiger partial charge on any atom is -0.347 e. The van der Waals surface area contributed by atoms with E-state index in [9.17, 15) is 13.2 Å². The summed E-state index contributed by atoms with van der Waals surface area (Å²) in [5.74, 6) is 0.175. The van der Waals surface area contributed by atoms with E-state index in [4.69, 9.17) is 0 Å². The van der Waals surface area contributed by atoms with Gasteiger partial charge in [0.15, 0.2) is 15.7 Å². The van der Waals surface area contributed by atoms with Crippen LogP contribution in [0.3, 0.4) is 0 Å². The molecule has 0 fully saturated rings. The van der Waals surface area contributed by atoms with Crippen molar-refractivity contribution in [1.29, 1.82) is 0 Å². The lowest BCUT2D eigenvalue weighted by molar-refractivity contribution is 0.0946. The molecule has 11 heteroatoms. The minimum atomic E-state index is -3.26. The Morgan fingerprint density at radius 1 is 0.917 bits per heavy atom. The first-order valence-corrected chi connectivity index (χ1v) is 12.8. The third kappa shape index (κ3) is 5.05. The van der Waals surface area contributed by atoms with E-state index in [1.807, 2.05) is 24.4 Å². The van der Waals surface area contributed by atoms with Gasteiger partial charge in [0, 0.05) is 42.5 Å². The minimum absolute atomic E-state index is 0.240. The lowest BCUT2D eigenvalue weighted by Gasteiger charge is -2.06. The molecule has 4 aromatic heterocycles. The third-order valence-corrected chi connectivity index (χ3v) is 6.49. The Morgan fingerprint density at radius 3 is 2.47 bits per heavy atom. The van der Waals surface area contributed by atoms with Crippen molar-refractivity contribution in [2.24, 2.45) is 0 Å². The first-order valence-electron chi connectivity index (χ1n) is 10.9.